The van der Waals surface area contributed by atoms with E-state index in [9.17, 15) is 14.4 Å². The fourth-order valence-electron chi connectivity index (χ4n) is 4.48. The van der Waals surface area contributed by atoms with E-state index in [1.807, 2.05) is 24.0 Å². The lowest BCUT2D eigenvalue weighted by Gasteiger charge is -2.38. The third-order valence-electron chi connectivity index (χ3n) is 6.06. The highest BCUT2D eigenvalue weighted by atomic mass is 35.5. The van der Waals surface area contributed by atoms with Crippen LogP contribution in [0.2, 0.25) is 5.02 Å². The number of imide groups is 1. The Morgan fingerprint density at radius 1 is 1.19 bits per heavy atom. The second-order valence-corrected chi connectivity index (χ2v) is 8.87. The maximum absolute atomic E-state index is 13.2. The number of rotatable bonds is 5. The van der Waals surface area contributed by atoms with Crippen molar-refractivity contribution in [3.8, 4) is 0 Å². The number of hydrogen-bond donors (Lipinski definition) is 2. The highest BCUT2D eigenvalue weighted by molar-refractivity contribution is 6.30. The minimum Gasteiger partial charge on any atom is -0.368 e. The van der Waals surface area contributed by atoms with E-state index in [2.05, 4.69) is 26.6 Å². The predicted molar refractivity (Wildman–Crippen MR) is 121 cm³/mol. The van der Waals surface area contributed by atoms with Gasteiger partial charge in [-0.15, -0.1) is 0 Å². The molecule has 2 saturated heterocycles. The van der Waals surface area contributed by atoms with E-state index < -0.39 is 23.4 Å². The highest BCUT2D eigenvalue weighted by Gasteiger charge is 2.50. The van der Waals surface area contributed by atoms with Crippen LogP contribution < -0.4 is 15.5 Å². The van der Waals surface area contributed by atoms with E-state index >= 15 is 0 Å². The van der Waals surface area contributed by atoms with Crippen LogP contribution in [0, 0.1) is 12.8 Å². The molecule has 0 radical (unpaired) electrons. The molecule has 4 amide bonds. The molecule has 0 bridgehead atoms. The first-order chi connectivity index (χ1) is 15.3. The van der Waals surface area contributed by atoms with Gasteiger partial charge >= 0.3 is 6.03 Å². The number of pyridine rings is 1. The molecule has 8 nitrogen and oxygen atoms in total. The number of nitrogens with one attached hydrogen (secondary N) is 2. The molecule has 4 rings (SSSR count). The first kappa shape index (κ1) is 22.1. The fourth-order valence-corrected chi connectivity index (χ4v) is 4.76. The number of carbonyl (C=O) groups is 3. The van der Waals surface area contributed by atoms with Crippen LogP contribution in [0.3, 0.4) is 0 Å². The largest absolute Gasteiger partial charge is 0.368 e. The van der Waals surface area contributed by atoms with Crippen LogP contribution in [-0.2, 0) is 15.1 Å². The summed E-state index contributed by atoms with van der Waals surface area (Å²) < 4.78 is 0. The van der Waals surface area contributed by atoms with Crippen LogP contribution in [0.1, 0.15) is 24.6 Å². The molecule has 2 aliphatic rings. The topological polar surface area (TPSA) is 94.6 Å². The quantitative estimate of drug-likeness (QED) is 0.675. The van der Waals surface area contributed by atoms with Gasteiger partial charge < -0.3 is 15.1 Å². The van der Waals surface area contributed by atoms with Crippen LogP contribution in [0.25, 0.3) is 0 Å². The summed E-state index contributed by atoms with van der Waals surface area (Å²) in [6.45, 7) is 6.33. The smallest absolute Gasteiger partial charge is 0.322 e. The maximum Gasteiger partial charge on any atom is 0.322 e. The number of hydrogen-bond acceptors (Lipinski definition) is 5. The number of carbonyl (C=O) groups excluding carboxylic acids is 3. The first-order valence-corrected chi connectivity index (χ1v) is 11.0. The van der Waals surface area contributed by atoms with Crippen LogP contribution in [0.5, 0.6) is 0 Å². The lowest BCUT2D eigenvalue weighted by atomic mass is 9.84. The van der Waals surface area contributed by atoms with Gasteiger partial charge in [-0.05, 0) is 49.2 Å². The molecule has 2 aromatic rings. The zero-order valence-electron chi connectivity index (χ0n) is 18.1. The normalized spacial score (nSPS) is 21.8. The number of piperazine rings is 1. The van der Waals surface area contributed by atoms with E-state index in [0.717, 1.165) is 11.3 Å². The van der Waals surface area contributed by atoms with E-state index in [1.165, 1.54) is 0 Å². The zero-order valence-corrected chi connectivity index (χ0v) is 18.9. The Hall–Kier alpha value is -3.13. The van der Waals surface area contributed by atoms with E-state index in [4.69, 9.17) is 11.6 Å². The Morgan fingerprint density at radius 3 is 2.53 bits per heavy atom. The van der Waals surface area contributed by atoms with Crippen molar-refractivity contribution in [1.82, 2.24) is 20.5 Å². The molecular formula is C23H26ClN5O3. The molecule has 2 fully saturated rings. The first-order valence-electron chi connectivity index (χ1n) is 10.6. The molecule has 1 aromatic carbocycles. The standard InChI is InChI=1S/C23H26ClN5O3/c1-15-11-17(24)13-18(12-15)28-7-9-29(10-8-28)20(30)16(2)14-23(19-5-3-4-6-25-19)21(31)26-22(32)27-23/h3-6,11-13,16H,7-10,14H2,1-2H3,(H2,26,27,31,32). The molecule has 2 atom stereocenters. The van der Waals surface area contributed by atoms with Crippen molar-refractivity contribution in [3.63, 3.8) is 0 Å². The van der Waals surface area contributed by atoms with Gasteiger partial charge in [0, 0.05) is 49.0 Å². The number of nitrogens with zero attached hydrogens (tertiary/aromatic N) is 3. The fraction of sp³-hybridized carbons (Fsp3) is 0.391. The average Bonchev–Trinajstić information content (AvgIpc) is 3.06. The third-order valence-corrected chi connectivity index (χ3v) is 6.28. The molecule has 1 aromatic heterocycles. The van der Waals surface area contributed by atoms with Crippen LogP contribution in [0.4, 0.5) is 10.5 Å². The lowest BCUT2D eigenvalue weighted by Crippen LogP contribution is -2.52. The van der Waals surface area contributed by atoms with Crippen molar-refractivity contribution >= 4 is 35.1 Å². The van der Waals surface area contributed by atoms with Gasteiger partial charge in [0.1, 0.15) is 0 Å². The molecule has 2 unspecified atom stereocenters. The molecule has 2 N–H and O–H groups in total. The summed E-state index contributed by atoms with van der Waals surface area (Å²) in [4.78, 5) is 46.2. The van der Waals surface area contributed by atoms with Gasteiger partial charge in [-0.1, -0.05) is 24.6 Å². The number of amides is 4. The summed E-state index contributed by atoms with van der Waals surface area (Å²) >= 11 is 6.20. The molecule has 0 saturated carbocycles. The van der Waals surface area contributed by atoms with Gasteiger partial charge in [0.05, 0.1) is 5.69 Å². The Bertz CT molecular complexity index is 1020. The van der Waals surface area contributed by atoms with Crippen molar-refractivity contribution < 1.29 is 14.4 Å². The van der Waals surface area contributed by atoms with Gasteiger partial charge in [0.15, 0.2) is 5.54 Å². The van der Waals surface area contributed by atoms with Crippen molar-refractivity contribution in [2.45, 2.75) is 25.8 Å². The van der Waals surface area contributed by atoms with E-state index in [0.29, 0.717) is 36.9 Å². The summed E-state index contributed by atoms with van der Waals surface area (Å²) in [6, 6.07) is 10.5. The summed E-state index contributed by atoms with van der Waals surface area (Å²) in [5, 5.41) is 5.70. The number of anilines is 1. The minimum absolute atomic E-state index is 0.0452. The monoisotopic (exact) mass is 455 g/mol. The molecule has 9 heteroatoms. The Labute approximate surface area is 191 Å². The summed E-state index contributed by atoms with van der Waals surface area (Å²) in [6.07, 6.45) is 1.70. The van der Waals surface area contributed by atoms with Gasteiger partial charge in [0.2, 0.25) is 5.91 Å². The number of benzene rings is 1. The van der Waals surface area contributed by atoms with Gasteiger partial charge in [0.25, 0.3) is 5.91 Å². The Balaban J connectivity index is 1.44. The van der Waals surface area contributed by atoms with E-state index in [-0.39, 0.29) is 12.3 Å². The molecule has 0 spiro atoms. The number of urea groups is 1. The summed E-state index contributed by atoms with van der Waals surface area (Å²) in [7, 11) is 0. The van der Waals surface area contributed by atoms with Crippen molar-refractivity contribution in [3.05, 3.63) is 58.9 Å². The molecule has 32 heavy (non-hydrogen) atoms. The van der Waals surface area contributed by atoms with Gasteiger partial charge in [-0.25, -0.2) is 4.79 Å². The molecule has 168 valence electrons. The lowest BCUT2D eigenvalue weighted by molar-refractivity contribution is -0.136. The minimum atomic E-state index is -1.35. The van der Waals surface area contributed by atoms with Gasteiger partial charge in [-0.2, -0.15) is 0 Å². The summed E-state index contributed by atoms with van der Waals surface area (Å²) in [5.41, 5.74) is 1.21. The zero-order chi connectivity index (χ0) is 22.9. The van der Waals surface area contributed by atoms with Crippen LogP contribution in [0.15, 0.2) is 42.6 Å². The Morgan fingerprint density at radius 2 is 1.94 bits per heavy atom. The van der Waals surface area contributed by atoms with Crippen molar-refractivity contribution in [2.24, 2.45) is 5.92 Å². The number of aromatic nitrogens is 1. The predicted octanol–water partition coefficient (Wildman–Crippen LogP) is 2.45. The molecule has 3 heterocycles. The number of halogens is 1. The number of aryl methyl sites for hydroxylation is 1. The van der Waals surface area contributed by atoms with Crippen molar-refractivity contribution in [1.29, 1.82) is 0 Å². The third kappa shape index (κ3) is 4.27. The second kappa shape index (κ2) is 8.78. The molecular weight excluding hydrogens is 430 g/mol. The maximum atomic E-state index is 13.2. The van der Waals surface area contributed by atoms with Gasteiger partial charge in [-0.3, -0.25) is 19.9 Å². The average molecular weight is 456 g/mol. The molecule has 0 aliphatic carbocycles. The second-order valence-electron chi connectivity index (χ2n) is 8.43. The Kier molecular flexibility index (Phi) is 6.06. The van der Waals surface area contributed by atoms with Crippen molar-refractivity contribution in [2.75, 3.05) is 31.1 Å². The van der Waals surface area contributed by atoms with Crippen LogP contribution in [-0.4, -0.2) is 53.9 Å². The highest BCUT2D eigenvalue weighted by Crippen LogP contribution is 2.32. The SMILES string of the molecule is Cc1cc(Cl)cc(N2CCN(C(=O)C(C)CC3(c4ccccn4)NC(=O)NC3=O)CC2)c1. The molecule has 2 aliphatic heterocycles. The van der Waals surface area contributed by atoms with E-state index in [1.54, 1.807) is 31.3 Å². The summed E-state index contributed by atoms with van der Waals surface area (Å²) in [5.74, 6) is -1.01. The van der Waals surface area contributed by atoms with Crippen LogP contribution >= 0.6 is 11.6 Å².